The Morgan fingerprint density at radius 3 is 2.44 bits per heavy atom. The first-order chi connectivity index (χ1) is 12.1. The minimum atomic E-state index is -0.751. The van der Waals surface area contributed by atoms with Gasteiger partial charge in [0.25, 0.3) is 5.91 Å². The predicted molar refractivity (Wildman–Crippen MR) is 95.4 cm³/mol. The van der Waals surface area contributed by atoms with Crippen LogP contribution in [0.25, 0.3) is 0 Å². The summed E-state index contributed by atoms with van der Waals surface area (Å²) >= 11 is 6.02. The van der Waals surface area contributed by atoms with Gasteiger partial charge in [0, 0.05) is 11.6 Å². The fourth-order valence-electron chi connectivity index (χ4n) is 2.08. The molecule has 6 heteroatoms. The minimum absolute atomic E-state index is 0.272. The lowest BCUT2D eigenvalue weighted by molar-refractivity contribution is -0.155. The predicted octanol–water partition coefficient (Wildman–Crippen LogP) is 3.36. The zero-order valence-corrected chi connectivity index (χ0v) is 14.7. The van der Waals surface area contributed by atoms with Crippen molar-refractivity contribution < 1.29 is 19.1 Å². The topological polar surface area (TPSA) is 64.6 Å². The molecular weight excluding hydrogens is 342 g/mol. The van der Waals surface area contributed by atoms with Crippen LogP contribution in [0.4, 0.5) is 0 Å². The fourth-order valence-corrected chi connectivity index (χ4v) is 2.28. The van der Waals surface area contributed by atoms with Crippen LogP contribution in [-0.2, 0) is 20.9 Å². The summed E-state index contributed by atoms with van der Waals surface area (Å²) in [4.78, 5) is 23.9. The van der Waals surface area contributed by atoms with Gasteiger partial charge in [0.15, 0.2) is 12.7 Å². The normalized spacial score (nSPS) is 11.4. The van der Waals surface area contributed by atoms with Crippen molar-refractivity contribution in [3.05, 3.63) is 65.2 Å². The molecule has 132 valence electrons. The highest BCUT2D eigenvalue weighted by molar-refractivity contribution is 6.31. The zero-order chi connectivity index (χ0) is 18.1. The molecule has 0 saturated carbocycles. The standard InChI is InChI=1S/C19H20ClNO4/c1-2-17(25-15-9-4-3-5-10-15)19(23)24-13-18(22)21-12-14-8-6-7-11-16(14)20/h3-11,17H,2,12-13H2,1H3,(H,21,22)/t17-/m0/s1. The summed E-state index contributed by atoms with van der Waals surface area (Å²) in [5.41, 5.74) is 0.794. The molecule has 0 saturated heterocycles. The molecule has 1 atom stereocenters. The van der Waals surface area contributed by atoms with Gasteiger partial charge >= 0.3 is 5.97 Å². The summed E-state index contributed by atoms with van der Waals surface area (Å²) in [6.07, 6.45) is -0.312. The molecule has 5 nitrogen and oxygen atoms in total. The lowest BCUT2D eigenvalue weighted by Gasteiger charge is -2.16. The number of carbonyl (C=O) groups is 2. The van der Waals surface area contributed by atoms with Crippen LogP contribution in [0, 0.1) is 0 Å². The van der Waals surface area contributed by atoms with Gasteiger partial charge in [0.1, 0.15) is 5.75 Å². The Morgan fingerprint density at radius 1 is 1.08 bits per heavy atom. The van der Waals surface area contributed by atoms with Crippen LogP contribution in [-0.4, -0.2) is 24.6 Å². The molecule has 0 heterocycles. The highest BCUT2D eigenvalue weighted by atomic mass is 35.5. The van der Waals surface area contributed by atoms with E-state index in [1.165, 1.54) is 0 Å². The summed E-state index contributed by atoms with van der Waals surface area (Å²) in [6, 6.07) is 16.2. The molecule has 0 bridgehead atoms. The van der Waals surface area contributed by atoms with E-state index in [-0.39, 0.29) is 13.2 Å². The van der Waals surface area contributed by atoms with Crippen LogP contribution in [0.5, 0.6) is 5.75 Å². The molecule has 2 aromatic carbocycles. The number of hydrogen-bond donors (Lipinski definition) is 1. The number of hydrogen-bond acceptors (Lipinski definition) is 4. The molecule has 0 aromatic heterocycles. The van der Waals surface area contributed by atoms with Gasteiger partial charge in [-0.15, -0.1) is 0 Å². The Balaban J connectivity index is 1.77. The Kier molecular flexibility index (Phi) is 7.29. The highest BCUT2D eigenvalue weighted by Gasteiger charge is 2.21. The van der Waals surface area contributed by atoms with Crippen molar-refractivity contribution in [2.45, 2.75) is 26.0 Å². The van der Waals surface area contributed by atoms with E-state index in [4.69, 9.17) is 21.1 Å². The summed E-state index contributed by atoms with van der Waals surface area (Å²) in [5.74, 6) is -0.392. The molecule has 0 fully saturated rings. The summed E-state index contributed by atoms with van der Waals surface area (Å²) in [5, 5.41) is 3.23. The summed E-state index contributed by atoms with van der Waals surface area (Å²) in [6.45, 7) is 1.72. The lowest BCUT2D eigenvalue weighted by Crippen LogP contribution is -2.33. The lowest BCUT2D eigenvalue weighted by atomic mass is 10.2. The van der Waals surface area contributed by atoms with E-state index in [1.54, 1.807) is 18.2 Å². The van der Waals surface area contributed by atoms with E-state index in [0.717, 1.165) is 5.56 Å². The van der Waals surface area contributed by atoms with E-state index in [0.29, 0.717) is 17.2 Å². The van der Waals surface area contributed by atoms with Crippen molar-refractivity contribution in [2.75, 3.05) is 6.61 Å². The molecule has 0 aliphatic carbocycles. The Bertz CT molecular complexity index is 706. The number of ether oxygens (including phenoxy) is 2. The van der Waals surface area contributed by atoms with Crippen molar-refractivity contribution in [3.8, 4) is 5.75 Å². The Labute approximate surface area is 151 Å². The van der Waals surface area contributed by atoms with Gasteiger partial charge in [0.2, 0.25) is 0 Å². The molecule has 2 rings (SSSR count). The van der Waals surface area contributed by atoms with E-state index >= 15 is 0 Å². The van der Waals surface area contributed by atoms with Gasteiger partial charge < -0.3 is 14.8 Å². The average molecular weight is 362 g/mol. The maximum absolute atomic E-state index is 12.1. The number of nitrogens with one attached hydrogen (secondary N) is 1. The number of rotatable bonds is 8. The van der Waals surface area contributed by atoms with Gasteiger partial charge in [-0.3, -0.25) is 4.79 Å². The number of para-hydroxylation sites is 1. The molecule has 1 N–H and O–H groups in total. The van der Waals surface area contributed by atoms with Crippen LogP contribution >= 0.6 is 11.6 Å². The number of amides is 1. The van der Waals surface area contributed by atoms with E-state index in [9.17, 15) is 9.59 Å². The van der Waals surface area contributed by atoms with Crippen LogP contribution in [0.2, 0.25) is 5.02 Å². The SMILES string of the molecule is CC[C@H](Oc1ccccc1)C(=O)OCC(=O)NCc1ccccc1Cl. The van der Waals surface area contributed by atoms with Crippen molar-refractivity contribution in [1.29, 1.82) is 0 Å². The maximum atomic E-state index is 12.1. The van der Waals surface area contributed by atoms with Crippen LogP contribution < -0.4 is 10.1 Å². The second-order valence-corrected chi connectivity index (χ2v) is 5.71. The largest absolute Gasteiger partial charge is 0.479 e. The van der Waals surface area contributed by atoms with Crippen LogP contribution in [0.1, 0.15) is 18.9 Å². The third kappa shape index (κ3) is 6.12. The zero-order valence-electron chi connectivity index (χ0n) is 13.9. The molecule has 25 heavy (non-hydrogen) atoms. The quantitative estimate of drug-likeness (QED) is 0.732. The average Bonchev–Trinajstić information content (AvgIpc) is 2.64. The summed E-state index contributed by atoms with van der Waals surface area (Å²) < 4.78 is 10.6. The van der Waals surface area contributed by atoms with Crippen molar-refractivity contribution in [2.24, 2.45) is 0 Å². The van der Waals surface area contributed by atoms with E-state index < -0.39 is 18.0 Å². The second-order valence-electron chi connectivity index (χ2n) is 5.30. The fraction of sp³-hybridized carbons (Fsp3) is 0.263. The Morgan fingerprint density at radius 2 is 1.76 bits per heavy atom. The molecule has 0 radical (unpaired) electrons. The monoisotopic (exact) mass is 361 g/mol. The van der Waals surface area contributed by atoms with Crippen LogP contribution in [0.3, 0.4) is 0 Å². The van der Waals surface area contributed by atoms with Gasteiger partial charge in [-0.2, -0.15) is 0 Å². The molecule has 2 aromatic rings. The van der Waals surface area contributed by atoms with Crippen LogP contribution in [0.15, 0.2) is 54.6 Å². The first-order valence-electron chi connectivity index (χ1n) is 7.98. The smallest absolute Gasteiger partial charge is 0.347 e. The molecule has 0 spiro atoms. The van der Waals surface area contributed by atoms with Gasteiger partial charge in [0.05, 0.1) is 0 Å². The second kappa shape index (κ2) is 9.69. The Hall–Kier alpha value is -2.53. The first kappa shape index (κ1) is 18.8. The minimum Gasteiger partial charge on any atom is -0.479 e. The molecule has 1 amide bonds. The number of esters is 1. The molecule has 0 unspecified atom stereocenters. The van der Waals surface area contributed by atoms with Gasteiger partial charge in [-0.25, -0.2) is 4.79 Å². The summed E-state index contributed by atoms with van der Waals surface area (Å²) in [7, 11) is 0. The number of halogens is 1. The number of carbonyl (C=O) groups excluding carboxylic acids is 2. The highest BCUT2D eigenvalue weighted by Crippen LogP contribution is 2.15. The first-order valence-corrected chi connectivity index (χ1v) is 8.36. The third-order valence-corrected chi connectivity index (χ3v) is 3.80. The van der Waals surface area contributed by atoms with Gasteiger partial charge in [-0.1, -0.05) is 54.9 Å². The molecule has 0 aliphatic rings. The van der Waals surface area contributed by atoms with E-state index in [1.807, 2.05) is 43.3 Å². The third-order valence-electron chi connectivity index (χ3n) is 3.43. The molecule has 0 aliphatic heterocycles. The van der Waals surface area contributed by atoms with Crippen molar-refractivity contribution >= 4 is 23.5 Å². The van der Waals surface area contributed by atoms with Crippen molar-refractivity contribution in [3.63, 3.8) is 0 Å². The van der Waals surface area contributed by atoms with Crippen molar-refractivity contribution in [1.82, 2.24) is 5.32 Å². The van der Waals surface area contributed by atoms with Gasteiger partial charge in [-0.05, 0) is 30.2 Å². The van der Waals surface area contributed by atoms with E-state index in [2.05, 4.69) is 5.32 Å². The number of benzene rings is 2. The molecular formula is C19H20ClNO4. The maximum Gasteiger partial charge on any atom is 0.347 e.